The molecule has 1 saturated heterocycles. The predicted molar refractivity (Wildman–Crippen MR) is 54.3 cm³/mol. The highest BCUT2D eigenvalue weighted by atomic mass is 16.5. The molecule has 76 valence electrons. The molecule has 2 unspecified atom stereocenters. The molecule has 0 spiro atoms. The quantitative estimate of drug-likeness (QED) is 0.709. The summed E-state index contributed by atoms with van der Waals surface area (Å²) in [5.74, 6) is 0.295. The van der Waals surface area contributed by atoms with Crippen LogP contribution in [0.3, 0.4) is 0 Å². The maximum atomic E-state index is 9.35. The third-order valence-corrected chi connectivity index (χ3v) is 2.52. The zero-order valence-electron chi connectivity index (χ0n) is 8.23. The van der Waals surface area contributed by atoms with Gasteiger partial charge in [0.15, 0.2) is 0 Å². The lowest BCUT2D eigenvalue weighted by molar-refractivity contribution is -0.000323. The lowest BCUT2D eigenvalue weighted by Crippen LogP contribution is -2.41. The minimum Gasteiger partial charge on any atom is -0.508 e. The predicted octanol–water partition coefficient (Wildman–Crippen LogP) is 1.44. The molecular weight excluding hydrogens is 178 g/mol. The van der Waals surface area contributed by atoms with Crippen LogP contribution in [0.2, 0.25) is 0 Å². The fourth-order valence-electron chi connectivity index (χ4n) is 1.81. The smallest absolute Gasteiger partial charge is 0.115 e. The maximum absolute atomic E-state index is 9.35. The molecule has 0 aromatic heterocycles. The minimum atomic E-state index is 0.0517. The van der Waals surface area contributed by atoms with Crippen LogP contribution in [0.4, 0.5) is 0 Å². The van der Waals surface area contributed by atoms with E-state index in [-0.39, 0.29) is 6.10 Å². The van der Waals surface area contributed by atoms with E-state index in [1.54, 1.807) is 12.1 Å². The van der Waals surface area contributed by atoms with Crippen molar-refractivity contribution in [2.45, 2.75) is 19.1 Å². The third-order valence-electron chi connectivity index (χ3n) is 2.52. The summed E-state index contributed by atoms with van der Waals surface area (Å²) in [6.07, 6.45) is 0.0517. The van der Waals surface area contributed by atoms with Gasteiger partial charge in [0, 0.05) is 12.6 Å². The molecule has 0 radical (unpaired) electrons. The summed E-state index contributed by atoms with van der Waals surface area (Å²) in [4.78, 5) is 0. The average molecular weight is 193 g/mol. The SMILES string of the molecule is CC1NCCOC1c1cccc(O)c1. The second kappa shape index (κ2) is 3.98. The van der Waals surface area contributed by atoms with E-state index in [1.165, 1.54) is 0 Å². The zero-order chi connectivity index (χ0) is 9.97. The van der Waals surface area contributed by atoms with Crippen LogP contribution >= 0.6 is 0 Å². The second-order valence-electron chi connectivity index (χ2n) is 3.63. The van der Waals surface area contributed by atoms with Crippen molar-refractivity contribution in [3.8, 4) is 5.75 Å². The van der Waals surface area contributed by atoms with Gasteiger partial charge in [0.25, 0.3) is 0 Å². The Morgan fingerprint density at radius 2 is 2.36 bits per heavy atom. The van der Waals surface area contributed by atoms with Gasteiger partial charge in [0.05, 0.1) is 12.7 Å². The van der Waals surface area contributed by atoms with Crippen molar-refractivity contribution in [2.24, 2.45) is 0 Å². The Balaban J connectivity index is 2.20. The molecule has 0 aliphatic carbocycles. The standard InChI is InChI=1S/C11H15NO2/c1-8-11(14-6-5-12-8)9-3-2-4-10(13)7-9/h2-4,7-8,11-13H,5-6H2,1H3. The molecular formula is C11H15NO2. The van der Waals surface area contributed by atoms with Crippen LogP contribution in [0.5, 0.6) is 5.75 Å². The molecule has 2 atom stereocenters. The lowest BCUT2D eigenvalue weighted by Gasteiger charge is -2.30. The Morgan fingerprint density at radius 1 is 1.50 bits per heavy atom. The van der Waals surface area contributed by atoms with E-state index < -0.39 is 0 Å². The van der Waals surface area contributed by atoms with Crippen LogP contribution in [0.25, 0.3) is 0 Å². The number of hydrogen-bond acceptors (Lipinski definition) is 3. The van der Waals surface area contributed by atoms with Crippen LogP contribution in [-0.2, 0) is 4.74 Å². The molecule has 2 rings (SSSR count). The summed E-state index contributed by atoms with van der Waals surface area (Å²) in [5.41, 5.74) is 1.03. The number of morpholine rings is 1. The van der Waals surface area contributed by atoms with Crippen LogP contribution in [-0.4, -0.2) is 24.3 Å². The van der Waals surface area contributed by atoms with E-state index in [4.69, 9.17) is 4.74 Å². The van der Waals surface area contributed by atoms with Crippen molar-refractivity contribution in [1.29, 1.82) is 0 Å². The largest absolute Gasteiger partial charge is 0.508 e. The number of aromatic hydroxyl groups is 1. The fraction of sp³-hybridized carbons (Fsp3) is 0.455. The van der Waals surface area contributed by atoms with E-state index in [1.807, 2.05) is 12.1 Å². The summed E-state index contributed by atoms with van der Waals surface area (Å²) >= 11 is 0. The van der Waals surface area contributed by atoms with Gasteiger partial charge in [-0.15, -0.1) is 0 Å². The zero-order valence-corrected chi connectivity index (χ0v) is 8.23. The van der Waals surface area contributed by atoms with Gasteiger partial charge in [-0.05, 0) is 24.6 Å². The monoisotopic (exact) mass is 193 g/mol. The first-order valence-corrected chi connectivity index (χ1v) is 4.91. The topological polar surface area (TPSA) is 41.5 Å². The molecule has 3 nitrogen and oxygen atoms in total. The molecule has 1 aromatic rings. The van der Waals surface area contributed by atoms with Crippen molar-refractivity contribution >= 4 is 0 Å². The molecule has 1 aliphatic rings. The van der Waals surface area contributed by atoms with Crippen molar-refractivity contribution in [3.05, 3.63) is 29.8 Å². The fourth-order valence-corrected chi connectivity index (χ4v) is 1.81. The van der Waals surface area contributed by atoms with Gasteiger partial charge in [-0.1, -0.05) is 12.1 Å². The van der Waals surface area contributed by atoms with Gasteiger partial charge in [0.1, 0.15) is 5.75 Å². The molecule has 1 aromatic carbocycles. The molecule has 14 heavy (non-hydrogen) atoms. The van der Waals surface area contributed by atoms with Gasteiger partial charge in [-0.25, -0.2) is 0 Å². The van der Waals surface area contributed by atoms with Crippen LogP contribution < -0.4 is 5.32 Å². The molecule has 3 heteroatoms. The number of benzene rings is 1. The third kappa shape index (κ3) is 1.89. The van der Waals surface area contributed by atoms with Gasteiger partial charge in [-0.2, -0.15) is 0 Å². The van der Waals surface area contributed by atoms with E-state index in [0.717, 1.165) is 18.7 Å². The maximum Gasteiger partial charge on any atom is 0.115 e. The van der Waals surface area contributed by atoms with Gasteiger partial charge >= 0.3 is 0 Å². The number of nitrogens with one attached hydrogen (secondary N) is 1. The highest BCUT2D eigenvalue weighted by Crippen LogP contribution is 2.25. The Morgan fingerprint density at radius 3 is 3.07 bits per heavy atom. The van der Waals surface area contributed by atoms with E-state index in [2.05, 4.69) is 12.2 Å². The Kier molecular flexibility index (Phi) is 2.70. The van der Waals surface area contributed by atoms with Crippen molar-refractivity contribution in [3.63, 3.8) is 0 Å². The first-order chi connectivity index (χ1) is 6.77. The summed E-state index contributed by atoms with van der Waals surface area (Å²) in [6.45, 7) is 3.72. The summed E-state index contributed by atoms with van der Waals surface area (Å²) < 4.78 is 5.66. The first kappa shape index (κ1) is 9.49. The van der Waals surface area contributed by atoms with E-state index in [9.17, 15) is 5.11 Å². The molecule has 1 fully saturated rings. The number of phenolic OH excluding ortho intramolecular Hbond substituents is 1. The highest BCUT2D eigenvalue weighted by molar-refractivity contribution is 5.29. The van der Waals surface area contributed by atoms with E-state index >= 15 is 0 Å². The van der Waals surface area contributed by atoms with Crippen LogP contribution in [0, 0.1) is 0 Å². The number of ether oxygens (including phenoxy) is 1. The molecule has 0 bridgehead atoms. The summed E-state index contributed by atoms with van der Waals surface area (Å²) in [5, 5.41) is 12.7. The highest BCUT2D eigenvalue weighted by Gasteiger charge is 2.23. The Bertz CT molecular complexity index is 314. The minimum absolute atomic E-state index is 0.0517. The van der Waals surface area contributed by atoms with Gasteiger partial charge in [-0.3, -0.25) is 0 Å². The summed E-state index contributed by atoms with van der Waals surface area (Å²) in [7, 11) is 0. The number of phenols is 1. The van der Waals surface area contributed by atoms with Crippen molar-refractivity contribution in [1.82, 2.24) is 5.32 Å². The second-order valence-corrected chi connectivity index (χ2v) is 3.63. The van der Waals surface area contributed by atoms with Crippen molar-refractivity contribution < 1.29 is 9.84 Å². The molecule has 1 heterocycles. The average Bonchev–Trinajstić information content (AvgIpc) is 2.18. The van der Waals surface area contributed by atoms with E-state index in [0.29, 0.717) is 11.8 Å². The molecule has 1 aliphatic heterocycles. The van der Waals surface area contributed by atoms with Crippen LogP contribution in [0.1, 0.15) is 18.6 Å². The first-order valence-electron chi connectivity index (χ1n) is 4.91. The number of hydrogen-bond donors (Lipinski definition) is 2. The summed E-state index contributed by atoms with van der Waals surface area (Å²) in [6, 6.07) is 7.55. The van der Waals surface area contributed by atoms with Crippen molar-refractivity contribution in [2.75, 3.05) is 13.2 Å². The Hall–Kier alpha value is -1.06. The lowest BCUT2D eigenvalue weighted by atomic mass is 10.0. The molecule has 0 saturated carbocycles. The normalized spacial score (nSPS) is 27.5. The number of rotatable bonds is 1. The molecule has 2 N–H and O–H groups in total. The van der Waals surface area contributed by atoms with Gasteiger partial charge < -0.3 is 15.2 Å². The Labute approximate surface area is 83.7 Å². The van der Waals surface area contributed by atoms with Crippen LogP contribution in [0.15, 0.2) is 24.3 Å². The van der Waals surface area contributed by atoms with Gasteiger partial charge in [0.2, 0.25) is 0 Å². The molecule has 0 amide bonds.